The predicted molar refractivity (Wildman–Crippen MR) is 90.2 cm³/mol. The summed E-state index contributed by atoms with van der Waals surface area (Å²) in [6.07, 6.45) is 4.74. The molecular formula is C19H31FO2. The van der Waals surface area contributed by atoms with Gasteiger partial charge in [0.25, 0.3) is 0 Å². The summed E-state index contributed by atoms with van der Waals surface area (Å²) in [5.74, 6) is 1.55. The molecule has 1 fully saturated rings. The maximum absolute atomic E-state index is 9.87. The van der Waals surface area contributed by atoms with Crippen molar-refractivity contribution < 1.29 is 14.5 Å². The third kappa shape index (κ3) is 4.98. The molecule has 0 amide bonds. The standard InChI is InChI=1S/C19H30O2.FH/c1-14-7-6-12-18(2,3)17(14)21-16-10-8-15(9-11-16)13-19(4,5)20;/h8-11,14,17,20H,6-7,12-13H2,1-5H3;1H. The number of hydrogen-bond acceptors (Lipinski definition) is 2. The second-order valence-electron chi connectivity index (χ2n) is 8.03. The molecule has 1 aliphatic carbocycles. The Bertz CT molecular complexity index is 459. The van der Waals surface area contributed by atoms with Crippen molar-refractivity contribution >= 4 is 0 Å². The van der Waals surface area contributed by atoms with Crippen LogP contribution < -0.4 is 4.74 Å². The zero-order valence-corrected chi connectivity index (χ0v) is 14.6. The average Bonchev–Trinajstić information content (AvgIpc) is 2.34. The van der Waals surface area contributed by atoms with Crippen molar-refractivity contribution in [3.8, 4) is 5.75 Å². The third-order valence-electron chi connectivity index (χ3n) is 4.59. The molecule has 1 N–H and O–H groups in total. The normalized spacial score (nSPS) is 24.5. The smallest absolute Gasteiger partial charge is 0.119 e. The molecule has 1 saturated carbocycles. The topological polar surface area (TPSA) is 29.5 Å². The van der Waals surface area contributed by atoms with Crippen molar-refractivity contribution in [2.24, 2.45) is 11.3 Å². The molecule has 126 valence electrons. The first-order valence-corrected chi connectivity index (χ1v) is 8.15. The Morgan fingerprint density at radius 3 is 2.32 bits per heavy atom. The summed E-state index contributed by atoms with van der Waals surface area (Å²) in [5, 5.41) is 9.87. The largest absolute Gasteiger partial charge is 0.490 e. The minimum absolute atomic E-state index is 0. The van der Waals surface area contributed by atoms with E-state index < -0.39 is 5.60 Å². The number of aliphatic hydroxyl groups is 1. The summed E-state index contributed by atoms with van der Waals surface area (Å²) in [6.45, 7) is 10.6. The summed E-state index contributed by atoms with van der Waals surface area (Å²) >= 11 is 0. The Hall–Kier alpha value is -1.09. The predicted octanol–water partition coefficient (Wildman–Crippen LogP) is 4.75. The lowest BCUT2D eigenvalue weighted by Crippen LogP contribution is -2.42. The summed E-state index contributed by atoms with van der Waals surface area (Å²) in [5.41, 5.74) is 0.719. The van der Waals surface area contributed by atoms with Crippen molar-refractivity contribution in [3.05, 3.63) is 29.8 Å². The lowest BCUT2D eigenvalue weighted by atomic mass is 9.70. The zero-order valence-electron chi connectivity index (χ0n) is 14.6. The lowest BCUT2D eigenvalue weighted by Gasteiger charge is -2.42. The zero-order chi connectivity index (χ0) is 15.7. The van der Waals surface area contributed by atoms with E-state index in [2.05, 4.69) is 32.9 Å². The molecule has 2 unspecified atom stereocenters. The van der Waals surface area contributed by atoms with Gasteiger partial charge in [0, 0.05) is 11.8 Å². The molecule has 0 aromatic heterocycles. The maximum Gasteiger partial charge on any atom is 0.119 e. The van der Waals surface area contributed by atoms with Crippen molar-refractivity contribution in [2.75, 3.05) is 0 Å². The molecule has 0 bridgehead atoms. The van der Waals surface area contributed by atoms with Gasteiger partial charge in [-0.05, 0) is 50.3 Å². The Labute approximate surface area is 134 Å². The van der Waals surface area contributed by atoms with Gasteiger partial charge >= 0.3 is 0 Å². The Balaban J connectivity index is 0.00000242. The minimum Gasteiger partial charge on any atom is -0.490 e. The van der Waals surface area contributed by atoms with Gasteiger partial charge in [0.2, 0.25) is 0 Å². The van der Waals surface area contributed by atoms with Gasteiger partial charge in [-0.15, -0.1) is 0 Å². The van der Waals surface area contributed by atoms with Gasteiger partial charge in [0.1, 0.15) is 11.9 Å². The second kappa shape index (κ2) is 6.99. The fraction of sp³-hybridized carbons (Fsp3) is 0.684. The molecule has 1 aliphatic rings. The van der Waals surface area contributed by atoms with Crippen LogP contribution in [-0.4, -0.2) is 16.8 Å². The number of benzene rings is 1. The minimum atomic E-state index is -0.664. The molecule has 0 spiro atoms. The van der Waals surface area contributed by atoms with Gasteiger partial charge in [0.15, 0.2) is 0 Å². The van der Waals surface area contributed by atoms with E-state index >= 15 is 0 Å². The molecule has 2 rings (SSSR count). The highest BCUT2D eigenvalue weighted by atomic mass is 19.0. The Morgan fingerprint density at radius 2 is 1.82 bits per heavy atom. The third-order valence-corrected chi connectivity index (χ3v) is 4.59. The summed E-state index contributed by atoms with van der Waals surface area (Å²) in [4.78, 5) is 0. The van der Waals surface area contributed by atoms with Crippen LogP contribution in [0.1, 0.15) is 59.4 Å². The van der Waals surface area contributed by atoms with Crippen LogP contribution in [0.5, 0.6) is 5.75 Å². The van der Waals surface area contributed by atoms with Crippen LogP contribution in [0, 0.1) is 11.3 Å². The van der Waals surface area contributed by atoms with Crippen LogP contribution in [0.25, 0.3) is 0 Å². The molecule has 0 radical (unpaired) electrons. The number of rotatable bonds is 4. The summed E-state index contributed by atoms with van der Waals surface area (Å²) in [6, 6.07) is 8.21. The van der Waals surface area contributed by atoms with Crippen molar-refractivity contribution in [1.82, 2.24) is 0 Å². The van der Waals surface area contributed by atoms with Crippen LogP contribution in [0.4, 0.5) is 4.70 Å². The molecule has 0 heterocycles. The molecule has 3 heteroatoms. The van der Waals surface area contributed by atoms with Crippen LogP contribution >= 0.6 is 0 Å². The summed E-state index contributed by atoms with van der Waals surface area (Å²) < 4.78 is 6.31. The maximum atomic E-state index is 9.87. The molecule has 1 aromatic rings. The number of ether oxygens (including phenoxy) is 1. The SMILES string of the molecule is CC1CCCC(C)(C)C1Oc1ccc(CC(C)(C)O)cc1.F. The fourth-order valence-electron chi connectivity index (χ4n) is 3.55. The Morgan fingerprint density at radius 1 is 1.23 bits per heavy atom. The van der Waals surface area contributed by atoms with Gasteiger partial charge in [-0.25, -0.2) is 0 Å². The lowest BCUT2D eigenvalue weighted by molar-refractivity contribution is -0.00585. The fourth-order valence-corrected chi connectivity index (χ4v) is 3.55. The second-order valence-corrected chi connectivity index (χ2v) is 8.03. The van der Waals surface area contributed by atoms with E-state index in [9.17, 15) is 5.11 Å². The van der Waals surface area contributed by atoms with E-state index in [4.69, 9.17) is 4.74 Å². The highest BCUT2D eigenvalue weighted by Crippen LogP contribution is 2.41. The quantitative estimate of drug-likeness (QED) is 0.870. The molecule has 2 atom stereocenters. The highest BCUT2D eigenvalue weighted by molar-refractivity contribution is 5.28. The van der Waals surface area contributed by atoms with Crippen LogP contribution in [0.2, 0.25) is 0 Å². The first-order valence-electron chi connectivity index (χ1n) is 8.15. The molecule has 0 saturated heterocycles. The van der Waals surface area contributed by atoms with E-state index in [-0.39, 0.29) is 16.2 Å². The van der Waals surface area contributed by atoms with Crippen molar-refractivity contribution in [1.29, 1.82) is 0 Å². The van der Waals surface area contributed by atoms with E-state index in [0.717, 1.165) is 11.3 Å². The monoisotopic (exact) mass is 310 g/mol. The number of hydrogen-bond donors (Lipinski definition) is 1. The van der Waals surface area contributed by atoms with Gasteiger partial charge in [0.05, 0.1) is 5.60 Å². The van der Waals surface area contributed by atoms with Crippen molar-refractivity contribution in [2.45, 2.75) is 72.0 Å². The molecule has 22 heavy (non-hydrogen) atoms. The number of halogens is 1. The first kappa shape index (κ1) is 19.0. The molecule has 1 aromatic carbocycles. The van der Waals surface area contributed by atoms with Gasteiger partial charge in [-0.3, -0.25) is 4.70 Å². The van der Waals surface area contributed by atoms with Crippen LogP contribution in [0.15, 0.2) is 24.3 Å². The van der Waals surface area contributed by atoms with Gasteiger partial charge in [-0.2, -0.15) is 0 Å². The van der Waals surface area contributed by atoms with E-state index in [0.29, 0.717) is 12.3 Å². The van der Waals surface area contributed by atoms with Crippen LogP contribution in [-0.2, 0) is 6.42 Å². The van der Waals surface area contributed by atoms with Crippen LogP contribution in [0.3, 0.4) is 0 Å². The van der Waals surface area contributed by atoms with Gasteiger partial charge in [-0.1, -0.05) is 39.3 Å². The van der Waals surface area contributed by atoms with E-state index in [1.165, 1.54) is 19.3 Å². The molecule has 0 aliphatic heterocycles. The van der Waals surface area contributed by atoms with Gasteiger partial charge < -0.3 is 9.84 Å². The first-order chi connectivity index (χ1) is 9.67. The average molecular weight is 310 g/mol. The molecular weight excluding hydrogens is 279 g/mol. The summed E-state index contributed by atoms with van der Waals surface area (Å²) in [7, 11) is 0. The highest BCUT2D eigenvalue weighted by Gasteiger charge is 2.38. The molecule has 2 nitrogen and oxygen atoms in total. The Kier molecular flexibility index (Phi) is 6.03. The van der Waals surface area contributed by atoms with E-state index in [1.54, 1.807) is 0 Å². The van der Waals surface area contributed by atoms with E-state index in [1.807, 2.05) is 26.0 Å². The van der Waals surface area contributed by atoms with Crippen molar-refractivity contribution in [3.63, 3.8) is 0 Å².